The molecule has 0 radical (unpaired) electrons. The zero-order valence-electron chi connectivity index (χ0n) is 12.5. The average Bonchev–Trinajstić information content (AvgIpc) is 2.38. The normalized spacial score (nSPS) is 12.9. The molecule has 0 saturated heterocycles. The van der Waals surface area contributed by atoms with Crippen molar-refractivity contribution in [2.24, 2.45) is 11.1 Å². The van der Waals surface area contributed by atoms with E-state index in [9.17, 15) is 12.8 Å². The van der Waals surface area contributed by atoms with Crippen molar-refractivity contribution in [3.8, 4) is 0 Å². The van der Waals surface area contributed by atoms with Crippen LogP contribution in [0.4, 0.5) is 4.39 Å². The highest BCUT2D eigenvalue weighted by atomic mass is 32.2. The maximum Gasteiger partial charge on any atom is 0.246 e. The van der Waals surface area contributed by atoms with E-state index in [2.05, 4.69) is 0 Å². The van der Waals surface area contributed by atoms with Crippen LogP contribution in [0.3, 0.4) is 0 Å². The zero-order chi connectivity index (χ0) is 15.6. The van der Waals surface area contributed by atoms with Crippen LogP contribution in [0.1, 0.15) is 26.3 Å². The van der Waals surface area contributed by atoms with E-state index in [0.29, 0.717) is 12.1 Å². The van der Waals surface area contributed by atoms with Crippen molar-refractivity contribution >= 4 is 10.0 Å². The number of hydrogen-bond donors (Lipinski definition) is 1. The van der Waals surface area contributed by atoms with Gasteiger partial charge >= 0.3 is 0 Å². The van der Waals surface area contributed by atoms with E-state index in [-0.39, 0.29) is 23.4 Å². The molecule has 0 fully saturated rings. The van der Waals surface area contributed by atoms with Crippen molar-refractivity contribution < 1.29 is 12.8 Å². The second-order valence-electron chi connectivity index (χ2n) is 5.73. The van der Waals surface area contributed by atoms with Crippen molar-refractivity contribution in [3.05, 3.63) is 29.6 Å². The number of sulfonamides is 1. The second kappa shape index (κ2) is 6.20. The molecule has 0 heterocycles. The number of aryl methyl sites for hydroxylation is 1. The van der Waals surface area contributed by atoms with Gasteiger partial charge in [-0.2, -0.15) is 4.31 Å². The maximum absolute atomic E-state index is 13.8. The SMILES string of the molecule is CCN(CC(C)(C)CN)S(=O)(=O)c1cc(C)ccc1F. The molecule has 20 heavy (non-hydrogen) atoms. The summed E-state index contributed by atoms with van der Waals surface area (Å²) in [5.41, 5.74) is 6.00. The van der Waals surface area contributed by atoms with Crippen molar-refractivity contribution in [3.63, 3.8) is 0 Å². The van der Waals surface area contributed by atoms with Crippen LogP contribution < -0.4 is 5.73 Å². The predicted molar refractivity (Wildman–Crippen MR) is 78.4 cm³/mol. The summed E-state index contributed by atoms with van der Waals surface area (Å²) in [5.74, 6) is -0.723. The van der Waals surface area contributed by atoms with Gasteiger partial charge in [0.2, 0.25) is 10.0 Å². The lowest BCUT2D eigenvalue weighted by atomic mass is 9.94. The molecule has 1 aromatic carbocycles. The van der Waals surface area contributed by atoms with E-state index >= 15 is 0 Å². The van der Waals surface area contributed by atoms with Gasteiger partial charge in [-0.05, 0) is 36.6 Å². The Hall–Kier alpha value is -0.980. The minimum Gasteiger partial charge on any atom is -0.330 e. The Kier molecular flexibility index (Phi) is 5.29. The monoisotopic (exact) mass is 302 g/mol. The van der Waals surface area contributed by atoms with Gasteiger partial charge in [-0.1, -0.05) is 26.8 Å². The Balaban J connectivity index is 3.22. The summed E-state index contributed by atoms with van der Waals surface area (Å²) >= 11 is 0. The van der Waals surface area contributed by atoms with Gasteiger partial charge in [0.1, 0.15) is 10.7 Å². The summed E-state index contributed by atoms with van der Waals surface area (Å²) < 4.78 is 40.3. The van der Waals surface area contributed by atoms with Crippen LogP contribution in [0, 0.1) is 18.2 Å². The molecule has 0 spiro atoms. The summed E-state index contributed by atoms with van der Waals surface area (Å²) in [7, 11) is -3.84. The van der Waals surface area contributed by atoms with Gasteiger partial charge in [0.25, 0.3) is 0 Å². The smallest absolute Gasteiger partial charge is 0.246 e. The average molecular weight is 302 g/mol. The molecule has 2 N–H and O–H groups in total. The van der Waals surface area contributed by atoms with Gasteiger partial charge in [0.15, 0.2) is 0 Å². The van der Waals surface area contributed by atoms with Gasteiger partial charge < -0.3 is 5.73 Å². The molecule has 4 nitrogen and oxygen atoms in total. The van der Waals surface area contributed by atoms with Crippen LogP contribution in [-0.2, 0) is 10.0 Å². The van der Waals surface area contributed by atoms with E-state index in [4.69, 9.17) is 5.73 Å². The first-order valence-electron chi connectivity index (χ1n) is 6.60. The first kappa shape index (κ1) is 17.1. The van der Waals surface area contributed by atoms with E-state index < -0.39 is 15.8 Å². The Morgan fingerprint density at radius 2 is 1.95 bits per heavy atom. The number of hydrogen-bond acceptors (Lipinski definition) is 3. The van der Waals surface area contributed by atoms with Gasteiger partial charge in [0.05, 0.1) is 0 Å². The molecule has 0 aliphatic carbocycles. The van der Waals surface area contributed by atoms with E-state index in [0.717, 1.165) is 0 Å². The van der Waals surface area contributed by atoms with Crippen LogP contribution in [0.15, 0.2) is 23.1 Å². The molecule has 0 aliphatic rings. The molecule has 6 heteroatoms. The predicted octanol–water partition coefficient (Wildman–Crippen LogP) is 2.13. The van der Waals surface area contributed by atoms with Crippen molar-refractivity contribution in [2.45, 2.75) is 32.6 Å². The minimum absolute atomic E-state index is 0.260. The fourth-order valence-electron chi connectivity index (χ4n) is 1.86. The van der Waals surface area contributed by atoms with Crippen LogP contribution in [-0.4, -0.2) is 32.4 Å². The first-order valence-corrected chi connectivity index (χ1v) is 8.04. The van der Waals surface area contributed by atoms with Crippen molar-refractivity contribution in [1.29, 1.82) is 0 Å². The number of rotatable bonds is 6. The molecule has 0 bridgehead atoms. The van der Waals surface area contributed by atoms with Crippen LogP contribution in [0.25, 0.3) is 0 Å². The second-order valence-corrected chi connectivity index (χ2v) is 7.64. The lowest BCUT2D eigenvalue weighted by molar-refractivity contribution is 0.272. The molecule has 0 amide bonds. The lowest BCUT2D eigenvalue weighted by Crippen LogP contribution is -2.42. The van der Waals surface area contributed by atoms with Crippen molar-refractivity contribution in [1.82, 2.24) is 4.31 Å². The highest BCUT2D eigenvalue weighted by molar-refractivity contribution is 7.89. The third-order valence-electron chi connectivity index (χ3n) is 3.21. The molecule has 114 valence electrons. The quantitative estimate of drug-likeness (QED) is 0.875. The molecular formula is C14H23FN2O2S. The van der Waals surface area contributed by atoms with Crippen LogP contribution >= 0.6 is 0 Å². The third kappa shape index (κ3) is 3.77. The molecule has 1 rings (SSSR count). The standard InChI is InChI=1S/C14H23FN2O2S/c1-5-17(10-14(3,4)9-16)20(18,19)13-8-11(2)6-7-12(13)15/h6-8H,5,9-10,16H2,1-4H3. The number of halogens is 1. The highest BCUT2D eigenvalue weighted by Gasteiger charge is 2.30. The molecule has 0 aromatic heterocycles. The molecule has 0 atom stereocenters. The number of nitrogens with two attached hydrogens (primary N) is 1. The van der Waals surface area contributed by atoms with E-state index in [1.807, 2.05) is 13.8 Å². The first-order chi connectivity index (χ1) is 9.14. The van der Waals surface area contributed by atoms with Gasteiger partial charge in [0, 0.05) is 13.1 Å². The Labute approximate surface area is 120 Å². The molecule has 0 saturated carbocycles. The summed E-state index contributed by atoms with van der Waals surface area (Å²) in [6, 6.07) is 4.10. The summed E-state index contributed by atoms with van der Waals surface area (Å²) in [6.07, 6.45) is 0. The van der Waals surface area contributed by atoms with E-state index in [1.54, 1.807) is 19.9 Å². The lowest BCUT2D eigenvalue weighted by Gasteiger charge is -2.30. The third-order valence-corrected chi connectivity index (χ3v) is 5.15. The number of nitrogens with zero attached hydrogens (tertiary/aromatic N) is 1. The summed E-state index contributed by atoms with van der Waals surface area (Å²) in [4.78, 5) is -0.271. The largest absolute Gasteiger partial charge is 0.330 e. The Morgan fingerprint density at radius 3 is 2.45 bits per heavy atom. The minimum atomic E-state index is -3.84. The molecule has 0 unspecified atom stereocenters. The molecular weight excluding hydrogens is 279 g/mol. The fraction of sp³-hybridized carbons (Fsp3) is 0.571. The topological polar surface area (TPSA) is 63.4 Å². The van der Waals surface area contributed by atoms with Crippen LogP contribution in [0.2, 0.25) is 0 Å². The Morgan fingerprint density at radius 1 is 1.35 bits per heavy atom. The fourth-order valence-corrected chi connectivity index (χ4v) is 3.64. The number of benzene rings is 1. The highest BCUT2D eigenvalue weighted by Crippen LogP contribution is 2.24. The van der Waals surface area contributed by atoms with Gasteiger partial charge in [-0.3, -0.25) is 0 Å². The van der Waals surface area contributed by atoms with Crippen LogP contribution in [0.5, 0.6) is 0 Å². The van der Waals surface area contributed by atoms with Gasteiger partial charge in [-0.15, -0.1) is 0 Å². The molecule has 1 aromatic rings. The summed E-state index contributed by atoms with van der Waals surface area (Å²) in [6.45, 7) is 8.14. The molecule has 0 aliphatic heterocycles. The zero-order valence-corrected chi connectivity index (χ0v) is 13.3. The summed E-state index contributed by atoms with van der Waals surface area (Å²) in [5, 5.41) is 0. The van der Waals surface area contributed by atoms with Gasteiger partial charge in [-0.25, -0.2) is 12.8 Å². The van der Waals surface area contributed by atoms with Crippen molar-refractivity contribution in [2.75, 3.05) is 19.6 Å². The maximum atomic E-state index is 13.8. The Bertz CT molecular complexity index is 571. The van der Waals surface area contributed by atoms with E-state index in [1.165, 1.54) is 16.4 Å².